The van der Waals surface area contributed by atoms with Gasteiger partial charge in [-0.3, -0.25) is 4.72 Å². The highest BCUT2D eigenvalue weighted by atomic mass is 32.2. The van der Waals surface area contributed by atoms with E-state index >= 15 is 0 Å². The quantitative estimate of drug-likeness (QED) is 0.360. The first kappa shape index (κ1) is 25.0. The first-order chi connectivity index (χ1) is 17.9. The van der Waals surface area contributed by atoms with Gasteiger partial charge in [-0.15, -0.1) is 0 Å². The molecule has 0 unspecified atom stereocenters. The smallest absolute Gasteiger partial charge is 0.261 e. The van der Waals surface area contributed by atoms with Crippen LogP contribution in [0, 0.1) is 5.92 Å². The molecule has 0 spiro atoms. The van der Waals surface area contributed by atoms with E-state index in [-0.39, 0.29) is 22.8 Å². The highest BCUT2D eigenvalue weighted by molar-refractivity contribution is 7.92. The summed E-state index contributed by atoms with van der Waals surface area (Å²) >= 11 is 0. The van der Waals surface area contributed by atoms with E-state index < -0.39 is 10.0 Å². The molecule has 5 rings (SSSR count). The first-order valence-electron chi connectivity index (χ1n) is 12.4. The highest BCUT2D eigenvalue weighted by Crippen LogP contribution is 2.52. The van der Waals surface area contributed by atoms with Gasteiger partial charge in [-0.1, -0.05) is 37.3 Å². The predicted molar refractivity (Wildman–Crippen MR) is 146 cm³/mol. The van der Waals surface area contributed by atoms with Crippen molar-refractivity contribution in [2.75, 3.05) is 31.4 Å². The summed E-state index contributed by atoms with van der Waals surface area (Å²) in [7, 11) is 1.06. The molecule has 2 aliphatic rings. The average molecular weight is 521 g/mol. The number of ether oxygens (including phenoxy) is 3. The lowest BCUT2D eigenvalue weighted by molar-refractivity contribution is 0.322. The van der Waals surface area contributed by atoms with E-state index in [4.69, 9.17) is 14.2 Å². The van der Waals surface area contributed by atoms with Crippen LogP contribution in [-0.4, -0.2) is 29.7 Å². The molecule has 1 aliphatic carbocycles. The molecule has 8 heteroatoms. The van der Waals surface area contributed by atoms with Gasteiger partial charge in [-0.2, -0.15) is 0 Å². The fourth-order valence-electron chi connectivity index (χ4n) is 5.48. The summed E-state index contributed by atoms with van der Waals surface area (Å²) in [6.07, 6.45) is 5.97. The monoisotopic (exact) mass is 520 g/mol. The van der Waals surface area contributed by atoms with Gasteiger partial charge in [0.05, 0.1) is 38.0 Å². The second-order valence-corrected chi connectivity index (χ2v) is 11.0. The SMILES string of the molecule is CCc1ccccc1NS(=O)(=O)c1ccc2c(c1)[C@H]1C=CC[C@H]1[C@@H](c1cc(OC)c(OC)c(OC)c1)N2. The van der Waals surface area contributed by atoms with E-state index in [1.165, 1.54) is 0 Å². The van der Waals surface area contributed by atoms with Gasteiger partial charge >= 0.3 is 0 Å². The zero-order valence-electron chi connectivity index (χ0n) is 21.4. The van der Waals surface area contributed by atoms with Crippen LogP contribution in [0.1, 0.15) is 42.0 Å². The zero-order valence-corrected chi connectivity index (χ0v) is 22.3. The minimum atomic E-state index is -3.75. The van der Waals surface area contributed by atoms with Crippen molar-refractivity contribution >= 4 is 21.4 Å². The number of allylic oxidation sites excluding steroid dienone is 2. The van der Waals surface area contributed by atoms with E-state index in [1.54, 1.807) is 39.5 Å². The number of hydrogen-bond acceptors (Lipinski definition) is 6. The minimum Gasteiger partial charge on any atom is -0.493 e. The fourth-order valence-corrected chi connectivity index (χ4v) is 6.62. The zero-order chi connectivity index (χ0) is 26.2. The second kappa shape index (κ2) is 10.0. The van der Waals surface area contributed by atoms with E-state index in [0.717, 1.165) is 35.2 Å². The predicted octanol–water partition coefficient (Wildman–Crippen LogP) is 5.90. The van der Waals surface area contributed by atoms with Gasteiger partial charge in [0.1, 0.15) is 0 Å². The number of sulfonamides is 1. The summed E-state index contributed by atoms with van der Waals surface area (Å²) in [6, 6.07) is 16.8. The van der Waals surface area contributed by atoms with Crippen molar-refractivity contribution in [2.45, 2.75) is 36.6 Å². The molecular weight excluding hydrogens is 488 g/mol. The largest absolute Gasteiger partial charge is 0.493 e. The van der Waals surface area contributed by atoms with E-state index in [0.29, 0.717) is 22.9 Å². The highest BCUT2D eigenvalue weighted by Gasteiger charge is 2.39. The lowest BCUT2D eigenvalue weighted by Crippen LogP contribution is -2.29. The molecule has 3 aromatic carbocycles. The molecule has 3 aromatic rings. The molecule has 0 saturated carbocycles. The van der Waals surface area contributed by atoms with Crippen LogP contribution in [0.4, 0.5) is 11.4 Å². The molecule has 0 saturated heterocycles. The van der Waals surface area contributed by atoms with E-state index in [1.807, 2.05) is 43.3 Å². The molecule has 0 bridgehead atoms. The molecule has 0 radical (unpaired) electrons. The number of para-hydroxylation sites is 1. The van der Waals surface area contributed by atoms with Gasteiger partial charge in [0.2, 0.25) is 5.75 Å². The number of fused-ring (bicyclic) bond motifs is 3. The number of hydrogen-bond donors (Lipinski definition) is 2. The molecule has 2 N–H and O–H groups in total. The van der Waals surface area contributed by atoms with Crippen LogP contribution < -0.4 is 24.2 Å². The lowest BCUT2D eigenvalue weighted by atomic mass is 9.77. The number of aryl methyl sites for hydroxylation is 1. The van der Waals surface area contributed by atoms with E-state index in [2.05, 4.69) is 22.2 Å². The first-order valence-corrected chi connectivity index (χ1v) is 13.9. The van der Waals surface area contributed by atoms with Crippen LogP contribution in [0.15, 0.2) is 71.6 Å². The summed E-state index contributed by atoms with van der Waals surface area (Å²) in [5.74, 6) is 2.05. The van der Waals surface area contributed by atoms with Crippen LogP contribution in [0.25, 0.3) is 0 Å². The Bertz CT molecular complexity index is 1430. The molecule has 0 aromatic heterocycles. The Balaban J connectivity index is 1.51. The summed E-state index contributed by atoms with van der Waals surface area (Å²) < 4.78 is 46.2. The molecule has 1 heterocycles. The number of methoxy groups -OCH3 is 3. The van der Waals surface area contributed by atoms with E-state index in [9.17, 15) is 8.42 Å². The van der Waals surface area contributed by atoms with Crippen molar-refractivity contribution in [2.24, 2.45) is 5.92 Å². The van der Waals surface area contributed by atoms with Gasteiger partial charge in [-0.05, 0) is 71.8 Å². The summed E-state index contributed by atoms with van der Waals surface area (Å²) in [4.78, 5) is 0.254. The maximum atomic E-state index is 13.3. The number of rotatable bonds is 8. The molecule has 1 aliphatic heterocycles. The molecule has 7 nitrogen and oxygen atoms in total. The third-order valence-electron chi connectivity index (χ3n) is 7.33. The van der Waals surface area contributed by atoms with Crippen LogP contribution in [-0.2, 0) is 16.4 Å². The lowest BCUT2D eigenvalue weighted by Gasteiger charge is -2.38. The Labute approximate surface area is 218 Å². The van der Waals surface area contributed by atoms with Gasteiger partial charge in [0.15, 0.2) is 11.5 Å². The maximum Gasteiger partial charge on any atom is 0.261 e. The maximum absolute atomic E-state index is 13.3. The van der Waals surface area contributed by atoms with Crippen molar-refractivity contribution in [1.29, 1.82) is 0 Å². The molecule has 194 valence electrons. The molecule has 0 amide bonds. The van der Waals surface area contributed by atoms with Crippen LogP contribution in [0.5, 0.6) is 17.2 Å². The fraction of sp³-hybridized carbons (Fsp3) is 0.310. The van der Waals surface area contributed by atoms with Crippen molar-refractivity contribution in [3.8, 4) is 17.2 Å². The Morgan fingerprint density at radius 2 is 1.70 bits per heavy atom. The summed E-state index contributed by atoms with van der Waals surface area (Å²) in [5.41, 5.74) is 4.49. The third kappa shape index (κ3) is 4.50. The molecule has 3 atom stereocenters. The molecule has 0 fully saturated rings. The van der Waals surface area contributed by atoms with Crippen molar-refractivity contribution in [3.05, 3.63) is 83.4 Å². The van der Waals surface area contributed by atoms with Crippen molar-refractivity contribution < 1.29 is 22.6 Å². The van der Waals surface area contributed by atoms with Gasteiger partial charge in [0, 0.05) is 11.6 Å². The standard InChI is InChI=1S/C29H32N2O5S/c1-5-18-9-6-7-12-24(18)31-37(32,33)20-13-14-25-23(17-20)21-10-8-11-22(21)28(30-25)19-15-26(34-2)29(36-4)27(16-19)35-3/h6-10,12-17,21-22,28,30-31H,5,11H2,1-4H3/t21-,22+,28+/m0/s1. The molecule has 37 heavy (non-hydrogen) atoms. The Morgan fingerprint density at radius 1 is 0.973 bits per heavy atom. The van der Waals surface area contributed by atoms with Crippen LogP contribution >= 0.6 is 0 Å². The number of benzene rings is 3. The number of anilines is 2. The van der Waals surface area contributed by atoms with Crippen LogP contribution in [0.3, 0.4) is 0 Å². The normalized spacial score (nSPS) is 19.9. The Kier molecular flexibility index (Phi) is 6.77. The van der Waals surface area contributed by atoms with Gasteiger partial charge < -0.3 is 19.5 Å². The third-order valence-corrected chi connectivity index (χ3v) is 8.70. The van der Waals surface area contributed by atoms with Gasteiger partial charge in [-0.25, -0.2) is 8.42 Å². The summed E-state index contributed by atoms with van der Waals surface area (Å²) in [6.45, 7) is 2.01. The Morgan fingerprint density at radius 3 is 2.38 bits per heavy atom. The average Bonchev–Trinajstić information content (AvgIpc) is 3.42. The summed E-state index contributed by atoms with van der Waals surface area (Å²) in [5, 5.41) is 3.66. The minimum absolute atomic E-state index is 0.0155. The van der Waals surface area contributed by atoms with Crippen LogP contribution in [0.2, 0.25) is 0 Å². The second-order valence-electron chi connectivity index (χ2n) is 9.30. The number of nitrogens with one attached hydrogen (secondary N) is 2. The topological polar surface area (TPSA) is 85.9 Å². The van der Waals surface area contributed by atoms with Crippen molar-refractivity contribution in [3.63, 3.8) is 0 Å². The molecular formula is C29H32N2O5S. The van der Waals surface area contributed by atoms with Crippen molar-refractivity contribution in [1.82, 2.24) is 0 Å². The Hall–Kier alpha value is -3.65. The van der Waals surface area contributed by atoms with Gasteiger partial charge in [0.25, 0.3) is 10.0 Å².